The number of hydrogen-bond acceptors (Lipinski definition) is 4. The summed E-state index contributed by atoms with van der Waals surface area (Å²) < 4.78 is 0. The second kappa shape index (κ2) is 8.56. The maximum atomic E-state index is 12.4. The lowest BCUT2D eigenvalue weighted by Gasteiger charge is -2.20. The van der Waals surface area contributed by atoms with E-state index in [1.165, 1.54) is 11.8 Å². The topological polar surface area (TPSA) is 62.2 Å². The first-order chi connectivity index (χ1) is 10.7. The van der Waals surface area contributed by atoms with Crippen molar-refractivity contribution in [3.8, 4) is 0 Å². The first-order valence-electron chi connectivity index (χ1n) is 7.24. The minimum Gasteiger partial charge on any atom is -0.396 e. The van der Waals surface area contributed by atoms with Crippen molar-refractivity contribution in [2.75, 3.05) is 6.61 Å². The summed E-state index contributed by atoms with van der Waals surface area (Å²) in [5.74, 6) is -0.0574. The van der Waals surface area contributed by atoms with Crippen molar-refractivity contribution in [2.24, 2.45) is 0 Å². The number of amides is 1. The van der Waals surface area contributed by atoms with Crippen molar-refractivity contribution in [1.29, 1.82) is 0 Å². The molecule has 5 heteroatoms. The molecule has 4 nitrogen and oxygen atoms in total. The maximum Gasteiger partial charge on any atom is 0.233 e. The van der Waals surface area contributed by atoms with E-state index in [-0.39, 0.29) is 23.8 Å². The SMILES string of the molecule is CC(Sc1ccccn1)C(=O)NC(CCO)c1ccccc1. The van der Waals surface area contributed by atoms with E-state index < -0.39 is 0 Å². The molecular weight excluding hydrogens is 296 g/mol. The molecule has 22 heavy (non-hydrogen) atoms. The summed E-state index contributed by atoms with van der Waals surface area (Å²) in [6.07, 6.45) is 2.21. The third-order valence-corrected chi connectivity index (χ3v) is 4.29. The van der Waals surface area contributed by atoms with Gasteiger partial charge in [0.2, 0.25) is 5.91 Å². The van der Waals surface area contributed by atoms with E-state index in [4.69, 9.17) is 0 Å². The van der Waals surface area contributed by atoms with E-state index in [1.54, 1.807) is 6.20 Å². The molecule has 0 aliphatic heterocycles. The number of aliphatic hydroxyl groups is 1. The first kappa shape index (κ1) is 16.5. The van der Waals surface area contributed by atoms with E-state index in [0.29, 0.717) is 6.42 Å². The molecule has 1 amide bonds. The van der Waals surface area contributed by atoms with Crippen molar-refractivity contribution in [3.63, 3.8) is 0 Å². The standard InChI is InChI=1S/C17H20N2O2S/c1-13(22-16-9-5-6-11-18-16)17(21)19-15(10-12-20)14-7-3-2-4-8-14/h2-9,11,13,15,20H,10,12H2,1H3,(H,19,21). The van der Waals surface area contributed by atoms with Gasteiger partial charge in [0.25, 0.3) is 0 Å². The van der Waals surface area contributed by atoms with E-state index >= 15 is 0 Å². The summed E-state index contributed by atoms with van der Waals surface area (Å²) in [5, 5.41) is 12.8. The average molecular weight is 316 g/mol. The number of carbonyl (C=O) groups excluding carboxylic acids is 1. The molecule has 1 heterocycles. The lowest BCUT2D eigenvalue weighted by molar-refractivity contribution is -0.121. The number of aliphatic hydroxyl groups excluding tert-OH is 1. The van der Waals surface area contributed by atoms with Gasteiger partial charge in [0.1, 0.15) is 0 Å². The Morgan fingerprint density at radius 3 is 2.59 bits per heavy atom. The molecule has 0 saturated carbocycles. The Balaban J connectivity index is 1.98. The molecule has 116 valence electrons. The molecule has 2 rings (SSSR count). The summed E-state index contributed by atoms with van der Waals surface area (Å²) >= 11 is 1.42. The fourth-order valence-corrected chi connectivity index (χ4v) is 2.89. The second-order valence-electron chi connectivity index (χ2n) is 4.91. The fraction of sp³-hybridized carbons (Fsp3) is 0.294. The van der Waals surface area contributed by atoms with Gasteiger partial charge in [-0.1, -0.05) is 48.2 Å². The molecular formula is C17H20N2O2S. The van der Waals surface area contributed by atoms with Crippen LogP contribution in [0, 0.1) is 0 Å². The van der Waals surface area contributed by atoms with Gasteiger partial charge in [-0.15, -0.1) is 0 Å². The lowest BCUT2D eigenvalue weighted by atomic mass is 10.0. The van der Waals surface area contributed by atoms with Crippen LogP contribution in [0.1, 0.15) is 24.9 Å². The molecule has 0 fully saturated rings. The predicted octanol–water partition coefficient (Wildman–Crippen LogP) is 2.80. The summed E-state index contributed by atoms with van der Waals surface area (Å²) in [4.78, 5) is 16.6. The Labute approximate surface area is 135 Å². The molecule has 2 aromatic rings. The van der Waals surface area contributed by atoms with E-state index in [9.17, 15) is 9.90 Å². The normalized spacial score (nSPS) is 13.4. The molecule has 0 aliphatic rings. The number of aromatic nitrogens is 1. The molecule has 2 unspecified atom stereocenters. The highest BCUT2D eigenvalue weighted by Gasteiger charge is 2.19. The third kappa shape index (κ3) is 4.86. The van der Waals surface area contributed by atoms with Crippen LogP contribution in [-0.2, 0) is 4.79 Å². The zero-order valence-electron chi connectivity index (χ0n) is 12.5. The van der Waals surface area contributed by atoms with Gasteiger partial charge in [0.15, 0.2) is 0 Å². The fourth-order valence-electron chi connectivity index (χ4n) is 2.08. The van der Waals surface area contributed by atoms with Crippen molar-refractivity contribution in [3.05, 3.63) is 60.3 Å². The van der Waals surface area contributed by atoms with Gasteiger partial charge >= 0.3 is 0 Å². The minimum atomic E-state index is -0.250. The number of benzene rings is 1. The smallest absolute Gasteiger partial charge is 0.233 e. The number of hydrogen-bond donors (Lipinski definition) is 2. The summed E-state index contributed by atoms with van der Waals surface area (Å²) in [6.45, 7) is 1.89. The van der Waals surface area contributed by atoms with E-state index in [0.717, 1.165) is 10.6 Å². The van der Waals surface area contributed by atoms with Crippen LogP contribution in [0.4, 0.5) is 0 Å². The predicted molar refractivity (Wildman–Crippen MR) is 88.6 cm³/mol. The van der Waals surface area contributed by atoms with Crippen LogP contribution in [0.5, 0.6) is 0 Å². The van der Waals surface area contributed by atoms with Crippen LogP contribution >= 0.6 is 11.8 Å². The van der Waals surface area contributed by atoms with Crippen LogP contribution in [0.15, 0.2) is 59.8 Å². The lowest BCUT2D eigenvalue weighted by Crippen LogP contribution is -2.34. The monoisotopic (exact) mass is 316 g/mol. The summed E-state index contributed by atoms with van der Waals surface area (Å²) in [5.41, 5.74) is 1.000. The molecule has 0 aliphatic carbocycles. The molecule has 2 N–H and O–H groups in total. The van der Waals surface area contributed by atoms with Gasteiger partial charge in [0, 0.05) is 12.8 Å². The maximum absolute atomic E-state index is 12.4. The third-order valence-electron chi connectivity index (χ3n) is 3.24. The van der Waals surface area contributed by atoms with Crippen molar-refractivity contribution in [2.45, 2.75) is 29.7 Å². The Bertz CT molecular complexity index is 578. The molecule has 1 aromatic carbocycles. The average Bonchev–Trinajstić information content (AvgIpc) is 2.56. The molecule has 1 aromatic heterocycles. The number of pyridine rings is 1. The number of nitrogens with zero attached hydrogens (tertiary/aromatic N) is 1. The molecule has 0 saturated heterocycles. The van der Waals surface area contributed by atoms with Crippen molar-refractivity contribution < 1.29 is 9.90 Å². The Morgan fingerprint density at radius 1 is 1.23 bits per heavy atom. The zero-order valence-corrected chi connectivity index (χ0v) is 13.3. The number of carbonyl (C=O) groups is 1. The molecule has 0 spiro atoms. The summed E-state index contributed by atoms with van der Waals surface area (Å²) in [7, 11) is 0. The zero-order chi connectivity index (χ0) is 15.8. The van der Waals surface area contributed by atoms with E-state index in [2.05, 4.69) is 10.3 Å². The van der Waals surface area contributed by atoms with Crippen molar-refractivity contribution in [1.82, 2.24) is 10.3 Å². The van der Waals surface area contributed by atoms with Gasteiger partial charge in [-0.25, -0.2) is 4.98 Å². The summed E-state index contributed by atoms with van der Waals surface area (Å²) in [6, 6.07) is 15.2. The highest BCUT2D eigenvalue weighted by Crippen LogP contribution is 2.22. The highest BCUT2D eigenvalue weighted by molar-refractivity contribution is 8.00. The Hall–Kier alpha value is -1.85. The molecule has 2 atom stereocenters. The van der Waals surface area contributed by atoms with Crippen LogP contribution in [0.25, 0.3) is 0 Å². The Morgan fingerprint density at radius 2 is 1.95 bits per heavy atom. The quantitative estimate of drug-likeness (QED) is 0.771. The largest absolute Gasteiger partial charge is 0.396 e. The van der Waals surface area contributed by atoms with Crippen LogP contribution in [0.2, 0.25) is 0 Å². The van der Waals surface area contributed by atoms with Crippen LogP contribution in [-0.4, -0.2) is 27.9 Å². The minimum absolute atomic E-state index is 0.0294. The van der Waals surface area contributed by atoms with Crippen molar-refractivity contribution >= 4 is 17.7 Å². The van der Waals surface area contributed by atoms with Gasteiger partial charge in [0.05, 0.1) is 16.3 Å². The number of nitrogens with one attached hydrogen (secondary N) is 1. The molecule has 0 radical (unpaired) electrons. The van der Waals surface area contributed by atoms with Gasteiger partial charge in [-0.3, -0.25) is 4.79 Å². The van der Waals surface area contributed by atoms with Gasteiger partial charge < -0.3 is 10.4 Å². The van der Waals surface area contributed by atoms with Gasteiger partial charge in [-0.05, 0) is 31.0 Å². The number of thioether (sulfide) groups is 1. The highest BCUT2D eigenvalue weighted by atomic mass is 32.2. The number of rotatable bonds is 7. The first-order valence-corrected chi connectivity index (χ1v) is 8.12. The Kier molecular flexibility index (Phi) is 6.43. The second-order valence-corrected chi connectivity index (χ2v) is 6.27. The van der Waals surface area contributed by atoms with Gasteiger partial charge in [-0.2, -0.15) is 0 Å². The van der Waals surface area contributed by atoms with Crippen LogP contribution in [0.3, 0.4) is 0 Å². The molecule has 0 bridgehead atoms. The van der Waals surface area contributed by atoms with E-state index in [1.807, 2.05) is 55.5 Å². The van der Waals surface area contributed by atoms with Crippen LogP contribution < -0.4 is 5.32 Å².